The van der Waals surface area contributed by atoms with Crippen molar-refractivity contribution in [2.45, 2.75) is 26.7 Å². The van der Waals surface area contributed by atoms with Crippen LogP contribution in [-0.4, -0.2) is 19.3 Å². The molecule has 0 saturated carbocycles. The molecule has 0 unspecified atom stereocenters. The van der Waals surface area contributed by atoms with Gasteiger partial charge < -0.3 is 14.6 Å². The van der Waals surface area contributed by atoms with Crippen molar-refractivity contribution in [2.24, 2.45) is 0 Å². The standard InChI is InChI=1S/C16H20O3/c1-9(2)11-6-12-10(3)16(17)15(19-5)8-13(12)14(7-11)18-4/h6-9,17H,1-5H3. The van der Waals surface area contributed by atoms with Crippen molar-refractivity contribution < 1.29 is 14.6 Å². The SMILES string of the molecule is COc1cc2c(OC)cc(C(C)C)cc2c(C)c1O. The van der Waals surface area contributed by atoms with Crippen LogP contribution >= 0.6 is 0 Å². The van der Waals surface area contributed by atoms with Crippen LogP contribution in [0.15, 0.2) is 18.2 Å². The highest BCUT2D eigenvalue weighted by atomic mass is 16.5. The molecule has 3 nitrogen and oxygen atoms in total. The average Bonchev–Trinajstić information content (AvgIpc) is 2.41. The van der Waals surface area contributed by atoms with Gasteiger partial charge in [-0.15, -0.1) is 0 Å². The van der Waals surface area contributed by atoms with Crippen LogP contribution in [0.25, 0.3) is 10.8 Å². The molecule has 0 aliphatic carbocycles. The summed E-state index contributed by atoms with van der Waals surface area (Å²) in [5.41, 5.74) is 2.01. The fraction of sp³-hybridized carbons (Fsp3) is 0.375. The number of rotatable bonds is 3. The minimum atomic E-state index is 0.193. The molecule has 2 rings (SSSR count). The number of phenols is 1. The van der Waals surface area contributed by atoms with Gasteiger partial charge in [-0.05, 0) is 35.9 Å². The summed E-state index contributed by atoms with van der Waals surface area (Å²) in [5.74, 6) is 1.88. The molecule has 0 aromatic heterocycles. The van der Waals surface area contributed by atoms with Gasteiger partial charge in [0.25, 0.3) is 0 Å². The molecule has 0 radical (unpaired) electrons. The van der Waals surface area contributed by atoms with E-state index in [2.05, 4.69) is 19.9 Å². The van der Waals surface area contributed by atoms with Crippen LogP contribution in [-0.2, 0) is 0 Å². The zero-order valence-corrected chi connectivity index (χ0v) is 12.1. The van der Waals surface area contributed by atoms with E-state index in [-0.39, 0.29) is 5.75 Å². The largest absolute Gasteiger partial charge is 0.504 e. The molecule has 0 atom stereocenters. The highest BCUT2D eigenvalue weighted by Gasteiger charge is 2.15. The molecule has 0 saturated heterocycles. The third-order valence-corrected chi connectivity index (χ3v) is 3.54. The third-order valence-electron chi connectivity index (χ3n) is 3.54. The Labute approximate surface area is 113 Å². The van der Waals surface area contributed by atoms with Crippen molar-refractivity contribution in [3.63, 3.8) is 0 Å². The summed E-state index contributed by atoms with van der Waals surface area (Å²) in [7, 11) is 3.21. The smallest absolute Gasteiger partial charge is 0.161 e. The van der Waals surface area contributed by atoms with E-state index in [1.54, 1.807) is 14.2 Å². The van der Waals surface area contributed by atoms with Crippen molar-refractivity contribution in [1.82, 2.24) is 0 Å². The molecule has 19 heavy (non-hydrogen) atoms. The predicted molar refractivity (Wildman–Crippen MR) is 77.5 cm³/mol. The molecular formula is C16H20O3. The molecule has 0 heterocycles. The van der Waals surface area contributed by atoms with Crippen LogP contribution in [0.3, 0.4) is 0 Å². The number of ether oxygens (including phenoxy) is 2. The lowest BCUT2D eigenvalue weighted by Crippen LogP contribution is -1.95. The highest BCUT2D eigenvalue weighted by Crippen LogP contribution is 2.41. The van der Waals surface area contributed by atoms with Crippen molar-refractivity contribution >= 4 is 10.8 Å². The zero-order valence-electron chi connectivity index (χ0n) is 12.1. The lowest BCUT2D eigenvalue weighted by molar-refractivity contribution is 0.372. The Kier molecular flexibility index (Phi) is 3.56. The lowest BCUT2D eigenvalue weighted by Gasteiger charge is -2.15. The van der Waals surface area contributed by atoms with E-state index in [1.165, 1.54) is 5.56 Å². The lowest BCUT2D eigenvalue weighted by atomic mass is 9.95. The van der Waals surface area contributed by atoms with E-state index in [1.807, 2.05) is 19.1 Å². The van der Waals surface area contributed by atoms with E-state index < -0.39 is 0 Å². The van der Waals surface area contributed by atoms with Gasteiger partial charge in [0.1, 0.15) is 5.75 Å². The number of hydrogen-bond acceptors (Lipinski definition) is 3. The van der Waals surface area contributed by atoms with Crippen LogP contribution < -0.4 is 9.47 Å². The van der Waals surface area contributed by atoms with Gasteiger partial charge in [-0.1, -0.05) is 19.9 Å². The van der Waals surface area contributed by atoms with Gasteiger partial charge >= 0.3 is 0 Å². The predicted octanol–water partition coefficient (Wildman–Crippen LogP) is 3.99. The number of aryl methyl sites for hydroxylation is 1. The molecule has 0 amide bonds. The van der Waals surface area contributed by atoms with E-state index in [0.717, 1.165) is 22.1 Å². The molecule has 102 valence electrons. The Bertz CT molecular complexity index is 615. The summed E-state index contributed by atoms with van der Waals surface area (Å²) in [6.07, 6.45) is 0. The van der Waals surface area contributed by atoms with Crippen LogP contribution in [0.2, 0.25) is 0 Å². The van der Waals surface area contributed by atoms with Gasteiger partial charge in [0.05, 0.1) is 14.2 Å². The maximum absolute atomic E-state index is 10.1. The molecule has 0 aliphatic rings. The summed E-state index contributed by atoms with van der Waals surface area (Å²) in [5, 5.41) is 12.1. The molecule has 2 aromatic rings. The Balaban J connectivity index is 2.86. The van der Waals surface area contributed by atoms with Crippen LogP contribution in [0.1, 0.15) is 30.9 Å². The quantitative estimate of drug-likeness (QED) is 0.906. The van der Waals surface area contributed by atoms with E-state index in [4.69, 9.17) is 9.47 Å². The number of phenolic OH excluding ortho intramolecular Hbond substituents is 1. The molecule has 0 bridgehead atoms. The minimum absolute atomic E-state index is 0.193. The van der Waals surface area contributed by atoms with Crippen molar-refractivity contribution in [3.8, 4) is 17.2 Å². The molecule has 2 aromatic carbocycles. The Hall–Kier alpha value is -1.90. The van der Waals surface area contributed by atoms with Crippen LogP contribution in [0.5, 0.6) is 17.2 Å². The molecule has 0 aliphatic heterocycles. The topological polar surface area (TPSA) is 38.7 Å². The van der Waals surface area contributed by atoms with Gasteiger partial charge in [-0.3, -0.25) is 0 Å². The first-order chi connectivity index (χ1) is 8.99. The van der Waals surface area contributed by atoms with E-state index >= 15 is 0 Å². The highest BCUT2D eigenvalue weighted by molar-refractivity contribution is 5.95. The van der Waals surface area contributed by atoms with Crippen LogP contribution in [0.4, 0.5) is 0 Å². The Morgan fingerprint density at radius 3 is 2.11 bits per heavy atom. The summed E-state index contributed by atoms with van der Waals surface area (Å²) < 4.78 is 10.7. The average molecular weight is 260 g/mol. The number of methoxy groups -OCH3 is 2. The van der Waals surface area contributed by atoms with E-state index in [0.29, 0.717) is 11.7 Å². The molecule has 1 N–H and O–H groups in total. The number of hydrogen-bond donors (Lipinski definition) is 1. The third kappa shape index (κ3) is 2.21. The number of fused-ring (bicyclic) bond motifs is 1. The Morgan fingerprint density at radius 1 is 0.947 bits per heavy atom. The minimum Gasteiger partial charge on any atom is -0.504 e. The van der Waals surface area contributed by atoms with Gasteiger partial charge in [-0.25, -0.2) is 0 Å². The summed E-state index contributed by atoms with van der Waals surface area (Å²) in [6, 6.07) is 5.97. The first-order valence-corrected chi connectivity index (χ1v) is 6.37. The maximum atomic E-state index is 10.1. The fourth-order valence-corrected chi connectivity index (χ4v) is 2.28. The molecule has 0 spiro atoms. The molecular weight excluding hydrogens is 240 g/mol. The second kappa shape index (κ2) is 5.00. The van der Waals surface area contributed by atoms with Gasteiger partial charge in [-0.2, -0.15) is 0 Å². The fourth-order valence-electron chi connectivity index (χ4n) is 2.28. The summed E-state index contributed by atoms with van der Waals surface area (Å²) in [6.45, 7) is 6.17. The monoisotopic (exact) mass is 260 g/mol. The normalized spacial score (nSPS) is 11.1. The van der Waals surface area contributed by atoms with Gasteiger partial charge in [0.2, 0.25) is 0 Å². The number of benzene rings is 2. The van der Waals surface area contributed by atoms with Crippen LogP contribution in [0, 0.1) is 6.92 Å². The maximum Gasteiger partial charge on any atom is 0.161 e. The second-order valence-corrected chi connectivity index (χ2v) is 5.03. The van der Waals surface area contributed by atoms with Crippen molar-refractivity contribution in [3.05, 3.63) is 29.3 Å². The molecule has 3 heteroatoms. The van der Waals surface area contributed by atoms with E-state index in [9.17, 15) is 5.11 Å². The zero-order chi connectivity index (χ0) is 14.2. The van der Waals surface area contributed by atoms with Gasteiger partial charge in [0.15, 0.2) is 11.5 Å². The first kappa shape index (κ1) is 13.5. The summed E-state index contributed by atoms with van der Waals surface area (Å²) in [4.78, 5) is 0. The summed E-state index contributed by atoms with van der Waals surface area (Å²) >= 11 is 0. The van der Waals surface area contributed by atoms with Crippen molar-refractivity contribution in [2.75, 3.05) is 14.2 Å². The second-order valence-electron chi connectivity index (χ2n) is 5.03. The Morgan fingerprint density at radius 2 is 1.58 bits per heavy atom. The first-order valence-electron chi connectivity index (χ1n) is 6.37. The van der Waals surface area contributed by atoms with Crippen molar-refractivity contribution in [1.29, 1.82) is 0 Å². The number of aromatic hydroxyl groups is 1. The molecule has 0 fully saturated rings. The van der Waals surface area contributed by atoms with Gasteiger partial charge in [0, 0.05) is 10.9 Å².